The second-order valence-electron chi connectivity index (χ2n) is 25.0. The molecular weight excluding hydrogens is 1090 g/mol. The molecule has 8 atom stereocenters. The molecule has 0 bridgehead atoms. The van der Waals surface area contributed by atoms with Gasteiger partial charge in [-0.15, -0.1) is 5.10 Å². The normalized spacial score (nSPS) is 24.1. The molecule has 1 N–H and O–H groups in total. The predicted octanol–water partition coefficient (Wildman–Crippen LogP) is 9.08. The van der Waals surface area contributed by atoms with Crippen LogP contribution in [-0.4, -0.2) is 164 Å². The molecule has 0 radical (unpaired) electrons. The van der Waals surface area contributed by atoms with Crippen molar-refractivity contribution in [2.45, 2.75) is 169 Å². The average molecular weight is 1180 g/mol. The van der Waals surface area contributed by atoms with Crippen LogP contribution in [-0.2, 0) is 56.0 Å². The summed E-state index contributed by atoms with van der Waals surface area (Å²) >= 11 is 1.39. The molecule has 4 aliphatic heterocycles. The monoisotopic (exact) mass is 1180 g/mol. The number of ketones is 2. The zero-order valence-corrected chi connectivity index (χ0v) is 51.9. The summed E-state index contributed by atoms with van der Waals surface area (Å²) in [5.41, 5.74) is 3.95. The molecule has 3 fully saturated rings. The number of fused-ring (bicyclic) bond motifs is 1. The van der Waals surface area contributed by atoms with E-state index in [1.54, 1.807) is 28.3 Å². The van der Waals surface area contributed by atoms with E-state index in [4.69, 9.17) is 9.47 Å². The zero-order chi connectivity index (χ0) is 61.0. The zero-order valence-electron chi connectivity index (χ0n) is 51.1. The maximum atomic E-state index is 15.6. The number of cyclic esters (lactones) is 1. The highest BCUT2D eigenvalue weighted by Crippen LogP contribution is 2.32. The Kier molecular flexibility index (Phi) is 23.1. The van der Waals surface area contributed by atoms with Crippen molar-refractivity contribution in [3.63, 3.8) is 0 Å². The molecule has 458 valence electrons. The first-order chi connectivity index (χ1) is 39.9. The fourth-order valence-corrected chi connectivity index (χ4v) is 12.7. The number of nitrogens with zero attached hydrogens (tertiary/aromatic N) is 7. The minimum Gasteiger partial charge on any atom is -0.457 e. The summed E-state index contributed by atoms with van der Waals surface area (Å²) in [5, 5.41) is 11.1. The summed E-state index contributed by atoms with van der Waals surface area (Å²) in [7, 11) is 2.18. The summed E-state index contributed by atoms with van der Waals surface area (Å²) in [6.45, 7) is 19.6. The highest BCUT2D eigenvalue weighted by Gasteiger charge is 2.38. The van der Waals surface area contributed by atoms with E-state index in [1.807, 2.05) is 89.4 Å². The lowest BCUT2D eigenvalue weighted by Crippen LogP contribution is -2.58. The first kappa shape index (κ1) is 65.3. The van der Waals surface area contributed by atoms with E-state index in [0.717, 1.165) is 36.1 Å². The highest BCUT2D eigenvalue weighted by atomic mass is 32.2. The molecule has 84 heavy (non-hydrogen) atoms. The van der Waals surface area contributed by atoms with Gasteiger partial charge in [-0.05, 0) is 111 Å². The first-order valence-corrected chi connectivity index (χ1v) is 31.7. The Bertz CT molecular complexity index is 2910. The Morgan fingerprint density at radius 1 is 0.881 bits per heavy atom. The number of thioether (sulfide) groups is 1. The molecule has 2 aromatic carbocycles. The second kappa shape index (κ2) is 29.7. The van der Waals surface area contributed by atoms with E-state index in [2.05, 4.69) is 29.6 Å². The molecule has 18 nitrogen and oxygen atoms in total. The smallest absolute Gasteiger partial charge is 0.410 e. The standard InChI is InChI=1S/C64H89FN8O10S/c1-40(2)52(37-51(75)14-12-11-13-25-71-58(77)38-57(84-10)63(71)80)62(79)66-45(7)55(76)36-47-18-20-48(21-19-47)39-73(9)30-28-70(29-31-73)64(81)82-56-22-17-43(5)61(83-59(78)32-41(3)15-16-42(56)4)44(6)33-49-34-53(65)60-54(35-49)72(68-67-60)50-23-26-69(27-24-50)46(8)74/h17-22,33-35,40-43,45,50,52,56-57,61H,11-16,23-32,36-39H2,1-10H3/p+1/b22-17+,44-33+/t41-,42+,43+,45+,52+,56+,57?,61+/m1/s1. The molecule has 1 aromatic heterocycles. The third kappa shape index (κ3) is 17.4. The number of piperidine rings is 1. The number of nitrogens with one attached hydrogen (secondary N) is 1. The van der Waals surface area contributed by atoms with Gasteiger partial charge in [-0.25, -0.2) is 13.9 Å². The number of benzene rings is 2. The quantitative estimate of drug-likeness (QED) is 0.0348. The number of quaternary nitrogens is 1. The molecule has 0 saturated carbocycles. The molecule has 3 aromatic rings. The summed E-state index contributed by atoms with van der Waals surface area (Å²) in [5.74, 6) is -2.58. The maximum absolute atomic E-state index is 15.6. The van der Waals surface area contributed by atoms with Crippen molar-refractivity contribution in [1.82, 2.24) is 35.0 Å². The molecule has 0 spiro atoms. The first-order valence-electron chi connectivity index (χ1n) is 30.4. The number of imide groups is 1. The van der Waals surface area contributed by atoms with Crippen LogP contribution < -0.4 is 5.32 Å². The van der Waals surface area contributed by atoms with Crippen molar-refractivity contribution >= 4 is 76.1 Å². The van der Waals surface area contributed by atoms with Crippen molar-refractivity contribution in [3.8, 4) is 0 Å². The van der Waals surface area contributed by atoms with E-state index in [-0.39, 0.29) is 113 Å². The van der Waals surface area contributed by atoms with Crippen LogP contribution in [0.3, 0.4) is 0 Å². The topological polar surface area (TPSA) is 207 Å². The highest BCUT2D eigenvalue weighted by molar-refractivity contribution is 8.00. The van der Waals surface area contributed by atoms with Crippen molar-refractivity contribution in [2.75, 3.05) is 59.1 Å². The van der Waals surface area contributed by atoms with Crippen molar-refractivity contribution in [3.05, 3.63) is 76.6 Å². The van der Waals surface area contributed by atoms with Crippen molar-refractivity contribution < 1.29 is 56.7 Å². The minimum atomic E-state index is -0.746. The fraction of sp³-hybridized carbons (Fsp3) is 0.625. The van der Waals surface area contributed by atoms with Crippen molar-refractivity contribution in [1.29, 1.82) is 0 Å². The van der Waals surface area contributed by atoms with Gasteiger partial charge in [0, 0.05) is 76.1 Å². The van der Waals surface area contributed by atoms with Gasteiger partial charge in [-0.2, -0.15) is 11.8 Å². The van der Waals surface area contributed by atoms with E-state index in [1.165, 1.54) is 22.7 Å². The van der Waals surface area contributed by atoms with Crippen LogP contribution in [0, 0.1) is 35.4 Å². The number of carbonyl (C=O) groups is 8. The van der Waals surface area contributed by atoms with Crippen LogP contribution in [0.15, 0.2) is 54.1 Å². The van der Waals surface area contributed by atoms with Gasteiger partial charge in [0.1, 0.15) is 30.1 Å². The number of hydrogen-bond donors (Lipinski definition) is 1. The lowest BCUT2D eigenvalue weighted by molar-refractivity contribution is -0.926. The lowest BCUT2D eigenvalue weighted by Gasteiger charge is -2.42. The van der Waals surface area contributed by atoms with Gasteiger partial charge in [-0.3, -0.25) is 43.4 Å². The number of piperazine rings is 1. The van der Waals surface area contributed by atoms with Gasteiger partial charge in [0.15, 0.2) is 11.6 Å². The lowest BCUT2D eigenvalue weighted by atomic mass is 9.88. The Labute approximate surface area is 499 Å². The number of Topliss-reactive ketones (excluding diaryl/α,β-unsaturated/α-hetero) is 2. The summed E-state index contributed by atoms with van der Waals surface area (Å²) in [4.78, 5) is 109. The van der Waals surface area contributed by atoms with Gasteiger partial charge in [0.25, 0.3) is 0 Å². The van der Waals surface area contributed by atoms with Gasteiger partial charge < -0.3 is 24.2 Å². The molecule has 20 heteroatoms. The third-order valence-electron chi connectivity index (χ3n) is 17.7. The number of ether oxygens (including phenoxy) is 2. The maximum Gasteiger partial charge on any atom is 0.410 e. The summed E-state index contributed by atoms with van der Waals surface area (Å²) in [6.07, 6.45) is 11.7. The number of rotatable bonds is 21. The molecule has 1 unspecified atom stereocenters. The molecule has 4 aliphatic rings. The minimum absolute atomic E-state index is 0.0266. The summed E-state index contributed by atoms with van der Waals surface area (Å²) in [6, 6.07) is 10.4. The number of halogens is 1. The second-order valence-corrected chi connectivity index (χ2v) is 26.1. The molecular formula is C64H90FN8O10S+. The van der Waals surface area contributed by atoms with Crippen LogP contribution in [0.25, 0.3) is 17.1 Å². The van der Waals surface area contributed by atoms with Crippen LogP contribution in [0.1, 0.15) is 149 Å². The number of hydrogen-bond acceptors (Lipinski definition) is 13. The molecule has 3 saturated heterocycles. The van der Waals surface area contributed by atoms with Gasteiger partial charge in [-0.1, -0.05) is 82.7 Å². The third-order valence-corrected chi connectivity index (χ3v) is 18.7. The number of aromatic nitrogens is 3. The molecule has 7 rings (SSSR count). The van der Waals surface area contributed by atoms with Crippen LogP contribution >= 0.6 is 11.8 Å². The molecule has 5 amide bonds. The Morgan fingerprint density at radius 2 is 1.57 bits per heavy atom. The van der Waals surface area contributed by atoms with Crippen LogP contribution in [0.4, 0.5) is 9.18 Å². The molecule has 0 aliphatic carbocycles. The fourth-order valence-electron chi connectivity index (χ4n) is 12.0. The number of carbonyl (C=O) groups excluding carboxylic acids is 8. The van der Waals surface area contributed by atoms with Gasteiger partial charge in [0.2, 0.25) is 23.6 Å². The summed E-state index contributed by atoms with van der Waals surface area (Å²) < 4.78 is 30.6. The van der Waals surface area contributed by atoms with Crippen LogP contribution in [0.5, 0.6) is 0 Å². The van der Waals surface area contributed by atoms with Gasteiger partial charge in [0.05, 0.1) is 56.1 Å². The Hall–Kier alpha value is -6.28. The predicted molar refractivity (Wildman–Crippen MR) is 321 cm³/mol. The van der Waals surface area contributed by atoms with E-state index < -0.39 is 30.0 Å². The SMILES string of the molecule is CSC1CC(=O)N(CCCCCC(=O)C[C@H](C(=O)N[C@@H](C)C(=O)Cc2ccc(C[N+]3(C)CCN(C(=O)O[C@H]4/C=C/[C@H](C)[C@@H](/C(C)=C/c5cc(F)c6nnn(C7CCN(C(C)=O)CC7)c6c5)OC(=O)C[C@H](C)CC[C@@H]4C)CC3)cc2)C(C)C)C1=O. The Balaban J connectivity index is 0.884. The van der Waals surface area contributed by atoms with Crippen LogP contribution in [0.2, 0.25) is 0 Å². The number of esters is 1. The number of amides is 5. The number of likely N-dealkylation sites (N-methyl/N-ethyl adjacent to an activating group) is 1. The van der Waals surface area contributed by atoms with E-state index in [0.29, 0.717) is 99.9 Å². The average Bonchev–Trinajstić information content (AvgIpc) is 4.24. The Morgan fingerprint density at radius 3 is 2.23 bits per heavy atom. The van der Waals surface area contributed by atoms with E-state index >= 15 is 4.39 Å². The van der Waals surface area contributed by atoms with Crippen molar-refractivity contribution in [2.24, 2.45) is 29.6 Å². The number of likely N-dealkylation sites (tertiary alicyclic amines) is 2. The molecule has 5 heterocycles. The van der Waals surface area contributed by atoms with Gasteiger partial charge >= 0.3 is 12.1 Å². The van der Waals surface area contributed by atoms with E-state index in [9.17, 15) is 38.4 Å². The number of unbranched alkanes of at least 4 members (excludes halogenated alkanes) is 2. The largest absolute Gasteiger partial charge is 0.457 e.